The second-order valence-electron chi connectivity index (χ2n) is 7.00. The Kier molecular flexibility index (Phi) is 4.56. The number of carbonyl (C=O) groups is 1. The molecule has 0 radical (unpaired) electrons. The van der Waals surface area contributed by atoms with E-state index >= 15 is 0 Å². The van der Waals surface area contributed by atoms with Gasteiger partial charge in [-0.05, 0) is 42.2 Å². The molecule has 1 amide bonds. The zero-order chi connectivity index (χ0) is 16.6. The zero-order valence-electron chi connectivity index (χ0n) is 14.1. The van der Waals surface area contributed by atoms with E-state index in [2.05, 4.69) is 52.0 Å². The van der Waals surface area contributed by atoms with Gasteiger partial charge < -0.3 is 4.90 Å². The van der Waals surface area contributed by atoms with Gasteiger partial charge in [-0.2, -0.15) is 0 Å². The van der Waals surface area contributed by atoms with E-state index in [0.29, 0.717) is 0 Å². The van der Waals surface area contributed by atoms with Crippen LogP contribution >= 0.6 is 23.1 Å². The fourth-order valence-corrected chi connectivity index (χ4v) is 5.15. The van der Waals surface area contributed by atoms with Crippen molar-refractivity contribution >= 4 is 29.0 Å². The van der Waals surface area contributed by atoms with E-state index in [1.54, 1.807) is 11.3 Å². The quantitative estimate of drug-likeness (QED) is 0.741. The number of aryl methyl sites for hydroxylation is 1. The maximum absolute atomic E-state index is 12.9. The van der Waals surface area contributed by atoms with Crippen LogP contribution in [-0.4, -0.2) is 23.1 Å². The minimum absolute atomic E-state index is 0.113. The number of thiophene rings is 1. The van der Waals surface area contributed by atoms with Crippen LogP contribution in [0.1, 0.15) is 51.8 Å². The SMILES string of the molecule is Cc1ccc(C2SCCN2C(=O)c2ccc(C(C)(C)C)cc2)s1. The van der Waals surface area contributed by atoms with Crippen molar-refractivity contribution in [3.8, 4) is 0 Å². The van der Waals surface area contributed by atoms with Crippen LogP contribution in [0, 0.1) is 6.92 Å². The Bertz CT molecular complexity index is 697. The fourth-order valence-electron chi connectivity index (χ4n) is 2.78. The highest BCUT2D eigenvalue weighted by atomic mass is 32.2. The van der Waals surface area contributed by atoms with Crippen LogP contribution in [0.3, 0.4) is 0 Å². The van der Waals surface area contributed by atoms with Gasteiger partial charge in [0.2, 0.25) is 0 Å². The molecule has 4 heteroatoms. The molecule has 3 rings (SSSR count). The molecule has 1 unspecified atom stereocenters. The molecule has 1 fully saturated rings. The average molecular weight is 346 g/mol. The van der Waals surface area contributed by atoms with Crippen LogP contribution in [-0.2, 0) is 5.41 Å². The van der Waals surface area contributed by atoms with Gasteiger partial charge in [0.25, 0.3) is 5.91 Å². The number of hydrogen-bond donors (Lipinski definition) is 0. The number of nitrogens with zero attached hydrogens (tertiary/aromatic N) is 1. The van der Waals surface area contributed by atoms with Crippen LogP contribution in [0.2, 0.25) is 0 Å². The van der Waals surface area contributed by atoms with E-state index in [0.717, 1.165) is 17.9 Å². The molecule has 0 saturated carbocycles. The Labute approximate surface area is 146 Å². The standard InChI is InChI=1S/C19H23NOS2/c1-13-5-10-16(23-13)18-20(11-12-22-18)17(21)14-6-8-15(9-7-14)19(2,3)4/h5-10,18H,11-12H2,1-4H3. The smallest absolute Gasteiger partial charge is 0.255 e. The molecule has 1 aliphatic heterocycles. The van der Waals surface area contributed by atoms with Crippen molar-refractivity contribution < 1.29 is 4.79 Å². The predicted octanol–water partition coefficient (Wildman–Crippen LogP) is 5.24. The summed E-state index contributed by atoms with van der Waals surface area (Å²) < 4.78 is 0. The summed E-state index contributed by atoms with van der Waals surface area (Å²) in [5.74, 6) is 1.15. The largest absolute Gasteiger partial charge is 0.321 e. The van der Waals surface area contributed by atoms with Gasteiger partial charge in [0.05, 0.1) is 0 Å². The van der Waals surface area contributed by atoms with E-state index in [9.17, 15) is 4.79 Å². The normalized spacial score (nSPS) is 18.4. The highest BCUT2D eigenvalue weighted by Crippen LogP contribution is 2.41. The lowest BCUT2D eigenvalue weighted by molar-refractivity contribution is 0.0762. The van der Waals surface area contributed by atoms with Gasteiger partial charge in [0, 0.05) is 27.6 Å². The van der Waals surface area contributed by atoms with Crippen LogP contribution in [0.25, 0.3) is 0 Å². The topological polar surface area (TPSA) is 20.3 Å². The minimum atomic E-state index is 0.113. The Morgan fingerprint density at radius 2 is 1.83 bits per heavy atom. The van der Waals surface area contributed by atoms with E-state index in [1.165, 1.54) is 15.3 Å². The molecule has 23 heavy (non-hydrogen) atoms. The van der Waals surface area contributed by atoms with Crippen molar-refractivity contribution in [2.24, 2.45) is 0 Å². The molecular formula is C19H23NOS2. The molecule has 0 bridgehead atoms. The number of hydrogen-bond acceptors (Lipinski definition) is 3. The lowest BCUT2D eigenvalue weighted by atomic mass is 9.86. The molecule has 2 nitrogen and oxygen atoms in total. The first-order valence-electron chi connectivity index (χ1n) is 7.96. The van der Waals surface area contributed by atoms with Gasteiger partial charge in [-0.1, -0.05) is 32.9 Å². The zero-order valence-corrected chi connectivity index (χ0v) is 15.8. The molecular weight excluding hydrogens is 322 g/mol. The van der Waals surface area contributed by atoms with Crippen molar-refractivity contribution in [1.29, 1.82) is 0 Å². The van der Waals surface area contributed by atoms with Crippen molar-refractivity contribution in [3.63, 3.8) is 0 Å². The second kappa shape index (κ2) is 6.33. The van der Waals surface area contributed by atoms with Gasteiger partial charge in [0.1, 0.15) is 5.37 Å². The van der Waals surface area contributed by atoms with Crippen molar-refractivity contribution in [1.82, 2.24) is 4.90 Å². The lowest BCUT2D eigenvalue weighted by Crippen LogP contribution is -2.30. The van der Waals surface area contributed by atoms with Gasteiger partial charge >= 0.3 is 0 Å². The van der Waals surface area contributed by atoms with Crippen LogP contribution in [0.4, 0.5) is 0 Å². The molecule has 0 N–H and O–H groups in total. The predicted molar refractivity (Wildman–Crippen MR) is 100 cm³/mol. The molecule has 1 aromatic heterocycles. The summed E-state index contributed by atoms with van der Waals surface area (Å²) in [6.07, 6.45) is 0. The lowest BCUT2D eigenvalue weighted by Gasteiger charge is -2.24. The molecule has 122 valence electrons. The number of rotatable bonds is 2. The van der Waals surface area contributed by atoms with E-state index in [4.69, 9.17) is 0 Å². The van der Waals surface area contributed by atoms with Crippen LogP contribution in [0.5, 0.6) is 0 Å². The summed E-state index contributed by atoms with van der Waals surface area (Å²) in [4.78, 5) is 17.5. The first kappa shape index (κ1) is 16.6. The highest BCUT2D eigenvalue weighted by Gasteiger charge is 2.32. The monoisotopic (exact) mass is 345 g/mol. The van der Waals surface area contributed by atoms with E-state index < -0.39 is 0 Å². The molecule has 2 heterocycles. The van der Waals surface area contributed by atoms with Gasteiger partial charge in [-0.3, -0.25) is 4.79 Å². The summed E-state index contributed by atoms with van der Waals surface area (Å²) in [6.45, 7) is 9.51. The number of amides is 1. The number of thioether (sulfide) groups is 1. The Balaban J connectivity index is 1.82. The number of benzene rings is 1. The molecule has 0 aliphatic carbocycles. The van der Waals surface area contributed by atoms with Gasteiger partial charge in [-0.25, -0.2) is 0 Å². The number of carbonyl (C=O) groups excluding carboxylic acids is 1. The van der Waals surface area contributed by atoms with E-state index in [1.807, 2.05) is 28.8 Å². The molecule has 0 spiro atoms. The Morgan fingerprint density at radius 1 is 1.13 bits per heavy atom. The van der Waals surface area contributed by atoms with Gasteiger partial charge in [-0.15, -0.1) is 23.1 Å². The molecule has 2 aromatic rings. The first-order valence-corrected chi connectivity index (χ1v) is 9.82. The Hall–Kier alpha value is -1.26. The average Bonchev–Trinajstić information content (AvgIpc) is 3.14. The molecule has 1 aliphatic rings. The highest BCUT2D eigenvalue weighted by molar-refractivity contribution is 7.99. The third-order valence-electron chi connectivity index (χ3n) is 4.15. The van der Waals surface area contributed by atoms with Crippen LogP contribution < -0.4 is 0 Å². The maximum Gasteiger partial charge on any atom is 0.255 e. The summed E-state index contributed by atoms with van der Waals surface area (Å²) in [7, 11) is 0. The summed E-state index contributed by atoms with van der Waals surface area (Å²) in [5.41, 5.74) is 2.16. The second-order valence-corrected chi connectivity index (χ2v) is 9.51. The van der Waals surface area contributed by atoms with E-state index in [-0.39, 0.29) is 16.7 Å². The molecule has 1 saturated heterocycles. The summed E-state index contributed by atoms with van der Waals surface area (Å²) in [5, 5.41) is 0.170. The van der Waals surface area contributed by atoms with Gasteiger partial charge in [0.15, 0.2) is 0 Å². The third-order valence-corrected chi connectivity index (χ3v) is 6.60. The Morgan fingerprint density at radius 3 is 2.39 bits per heavy atom. The third kappa shape index (κ3) is 3.48. The van der Waals surface area contributed by atoms with Crippen LogP contribution in [0.15, 0.2) is 36.4 Å². The van der Waals surface area contributed by atoms with Crippen molar-refractivity contribution in [3.05, 3.63) is 57.3 Å². The van der Waals surface area contributed by atoms with Crippen molar-refractivity contribution in [2.45, 2.75) is 38.5 Å². The molecule has 1 atom stereocenters. The van der Waals surface area contributed by atoms with Crippen molar-refractivity contribution in [2.75, 3.05) is 12.3 Å². The molecule has 1 aromatic carbocycles. The summed E-state index contributed by atoms with van der Waals surface area (Å²) in [6, 6.07) is 12.4. The maximum atomic E-state index is 12.9. The summed E-state index contributed by atoms with van der Waals surface area (Å²) >= 11 is 3.66. The minimum Gasteiger partial charge on any atom is -0.321 e. The first-order chi connectivity index (χ1) is 10.9. The fraction of sp³-hybridized carbons (Fsp3) is 0.421.